The van der Waals surface area contributed by atoms with Crippen molar-refractivity contribution >= 4 is 76.5 Å². The van der Waals surface area contributed by atoms with Gasteiger partial charge in [-0.1, -0.05) is 182 Å². The Labute approximate surface area is 471 Å². The molecule has 0 saturated carbocycles. The number of rotatable bonds is 7. The van der Waals surface area contributed by atoms with Crippen molar-refractivity contribution in [2.45, 2.75) is 0 Å². The predicted octanol–water partition coefficient (Wildman–Crippen LogP) is 18.3. The minimum atomic E-state index is 0.706. The van der Waals surface area contributed by atoms with Gasteiger partial charge in [-0.15, -0.1) is 0 Å². The smallest absolute Gasteiger partial charge is 0.159 e. The first kappa shape index (κ1) is 46.8. The number of nitrogens with zero attached hydrogens (tertiary/aromatic N) is 8. The van der Waals surface area contributed by atoms with Crippen molar-refractivity contribution < 1.29 is 0 Å². The van der Waals surface area contributed by atoms with Gasteiger partial charge in [0.2, 0.25) is 0 Å². The first-order chi connectivity index (χ1) is 40.7. The molecule has 0 aliphatic heterocycles. The van der Waals surface area contributed by atoms with E-state index in [1.54, 1.807) is 0 Å². The zero-order valence-corrected chi connectivity index (χ0v) is 44.3. The largest absolute Gasteiger partial charge is 0.309 e. The first-order valence-electron chi connectivity index (χ1n) is 27.6. The molecule has 17 rings (SSSR count). The van der Waals surface area contributed by atoms with Gasteiger partial charge in [0.25, 0.3) is 0 Å². The molecule has 0 N–H and O–H groups in total. The molecule has 8 nitrogen and oxygen atoms in total. The van der Waals surface area contributed by atoms with E-state index < -0.39 is 0 Å². The molecule has 7 aromatic heterocycles. The molecule has 82 heavy (non-hydrogen) atoms. The van der Waals surface area contributed by atoms with Crippen molar-refractivity contribution in [1.29, 1.82) is 0 Å². The zero-order valence-electron chi connectivity index (χ0n) is 44.3. The Bertz CT molecular complexity index is 5130. The highest BCUT2D eigenvalue weighted by molar-refractivity contribution is 6.10. The molecule has 8 heteroatoms. The van der Waals surface area contributed by atoms with Gasteiger partial charge in [-0.05, 0) is 113 Å². The maximum Gasteiger partial charge on any atom is 0.159 e. The second kappa shape index (κ2) is 19.3. The van der Waals surface area contributed by atoms with E-state index >= 15 is 0 Å². The molecular formula is C74H48N8. The minimum Gasteiger partial charge on any atom is -0.309 e. The van der Waals surface area contributed by atoms with Gasteiger partial charge in [0.15, 0.2) is 5.82 Å². The van der Waals surface area contributed by atoms with Crippen molar-refractivity contribution in [3.8, 4) is 67.3 Å². The van der Waals surface area contributed by atoms with Crippen LogP contribution in [-0.2, 0) is 0 Å². The number of fused-ring (bicyclic) bond motifs is 12. The topological polar surface area (TPSA) is 70.2 Å². The SMILES string of the molecule is c1ccc2c(c1)ccc1c(-c3ccc(-c4ccc(-n5c6ccccc6c6ccccc65)cc4)cc3)cnn12.c1ccc2c(c1)ccc1c(-c3ccc(-c4cnc(-c5ccc(-n6c7ccccc7c7ccccc76)cc5)nc4)cc3)cnn12. The highest BCUT2D eigenvalue weighted by Gasteiger charge is 2.16. The summed E-state index contributed by atoms with van der Waals surface area (Å²) in [5, 5.41) is 16.8. The predicted molar refractivity (Wildman–Crippen MR) is 337 cm³/mol. The Hall–Kier alpha value is -11.2. The molecule has 0 bridgehead atoms. The number of para-hydroxylation sites is 6. The lowest BCUT2D eigenvalue weighted by atomic mass is 10.0. The molecule has 0 fully saturated rings. The van der Waals surface area contributed by atoms with Crippen molar-refractivity contribution in [3.63, 3.8) is 0 Å². The van der Waals surface area contributed by atoms with Crippen molar-refractivity contribution in [3.05, 3.63) is 292 Å². The van der Waals surface area contributed by atoms with Gasteiger partial charge < -0.3 is 9.13 Å². The summed E-state index contributed by atoms with van der Waals surface area (Å²) in [4.78, 5) is 9.46. The molecule has 17 aromatic rings. The molecule has 0 spiro atoms. The van der Waals surface area contributed by atoms with Crippen molar-refractivity contribution in [2.24, 2.45) is 0 Å². The van der Waals surface area contributed by atoms with E-state index in [2.05, 4.69) is 275 Å². The van der Waals surface area contributed by atoms with Crippen molar-refractivity contribution in [2.75, 3.05) is 0 Å². The summed E-state index contributed by atoms with van der Waals surface area (Å²) >= 11 is 0. The standard InChI is InChI=1S/C39H25N5.C35H23N3/c1-4-10-35-28(7-1)19-22-38-34(25-42-44(35)38)27-15-13-26(14-16-27)30-23-40-39(41-24-30)29-17-20-31(21-18-29)43-36-11-5-2-8-32(36)33-9-3-6-12-37(33)43;1-4-10-32-27(7-1)19-22-35-31(23-36-38(32)35)26-15-13-24(14-16-26)25-17-20-28(21-18-25)37-33-11-5-2-8-29(33)30-9-3-6-12-34(30)37/h1-25H;1-23H. The lowest BCUT2D eigenvalue weighted by Crippen LogP contribution is -1.94. The second-order valence-electron chi connectivity index (χ2n) is 20.8. The Morgan fingerprint density at radius 1 is 0.220 bits per heavy atom. The summed E-state index contributed by atoms with van der Waals surface area (Å²) in [5.41, 5.74) is 21.5. The summed E-state index contributed by atoms with van der Waals surface area (Å²) in [6, 6.07) is 94.4. The highest BCUT2D eigenvalue weighted by atomic mass is 15.2. The Morgan fingerprint density at radius 3 is 0.939 bits per heavy atom. The van der Waals surface area contributed by atoms with Gasteiger partial charge in [0, 0.05) is 78.3 Å². The average molecular weight is 1050 g/mol. The summed E-state index contributed by atoms with van der Waals surface area (Å²) in [7, 11) is 0. The highest BCUT2D eigenvalue weighted by Crippen LogP contribution is 2.36. The second-order valence-corrected chi connectivity index (χ2v) is 20.8. The van der Waals surface area contributed by atoms with Crippen LogP contribution in [0.15, 0.2) is 292 Å². The van der Waals surface area contributed by atoms with Crippen LogP contribution in [-0.4, -0.2) is 38.3 Å². The van der Waals surface area contributed by atoms with E-state index in [1.807, 2.05) is 39.9 Å². The number of hydrogen-bond donors (Lipinski definition) is 0. The summed E-state index contributed by atoms with van der Waals surface area (Å²) in [5.74, 6) is 0.706. The molecule has 0 aliphatic rings. The van der Waals surface area contributed by atoms with Gasteiger partial charge in [-0.2, -0.15) is 10.2 Å². The number of benzene rings is 10. The third kappa shape index (κ3) is 7.84. The van der Waals surface area contributed by atoms with Crippen LogP contribution >= 0.6 is 0 Å². The van der Waals surface area contributed by atoms with Gasteiger partial charge in [0.1, 0.15) is 0 Å². The summed E-state index contributed by atoms with van der Waals surface area (Å²) in [6.07, 6.45) is 7.72. The summed E-state index contributed by atoms with van der Waals surface area (Å²) in [6.45, 7) is 0. The minimum absolute atomic E-state index is 0.706. The van der Waals surface area contributed by atoms with Crippen LogP contribution in [0.3, 0.4) is 0 Å². The monoisotopic (exact) mass is 1050 g/mol. The van der Waals surface area contributed by atoms with Gasteiger partial charge >= 0.3 is 0 Å². The Balaban J connectivity index is 0.000000136. The van der Waals surface area contributed by atoms with Crippen LogP contribution in [0, 0.1) is 0 Å². The van der Waals surface area contributed by atoms with Crippen LogP contribution in [0.1, 0.15) is 0 Å². The number of pyridine rings is 2. The Kier molecular flexibility index (Phi) is 11.0. The molecule has 0 atom stereocenters. The molecule has 0 amide bonds. The molecule has 0 radical (unpaired) electrons. The first-order valence-corrected chi connectivity index (χ1v) is 27.6. The lowest BCUT2D eigenvalue weighted by Gasteiger charge is -2.10. The molecular weight excluding hydrogens is 1000 g/mol. The van der Waals surface area contributed by atoms with E-state index in [1.165, 1.54) is 76.8 Å². The number of hydrogen-bond acceptors (Lipinski definition) is 4. The van der Waals surface area contributed by atoms with Gasteiger partial charge in [-0.25, -0.2) is 19.0 Å². The summed E-state index contributed by atoms with van der Waals surface area (Å²) < 4.78 is 8.72. The Morgan fingerprint density at radius 2 is 0.537 bits per heavy atom. The number of aromatic nitrogens is 8. The molecule has 10 aromatic carbocycles. The van der Waals surface area contributed by atoms with E-state index in [-0.39, 0.29) is 0 Å². The molecule has 0 saturated heterocycles. The van der Waals surface area contributed by atoms with Crippen LogP contribution in [0.5, 0.6) is 0 Å². The van der Waals surface area contributed by atoms with E-state index in [9.17, 15) is 0 Å². The van der Waals surface area contributed by atoms with E-state index in [0.717, 1.165) is 61.1 Å². The maximum atomic E-state index is 4.73. The zero-order chi connectivity index (χ0) is 54.1. The fourth-order valence-corrected chi connectivity index (χ4v) is 12.1. The van der Waals surface area contributed by atoms with Gasteiger partial charge in [0.05, 0.1) is 56.5 Å². The fraction of sp³-hybridized carbons (Fsp3) is 0. The third-order valence-electron chi connectivity index (χ3n) is 16.2. The van der Waals surface area contributed by atoms with Gasteiger partial charge in [-0.3, -0.25) is 0 Å². The molecule has 384 valence electrons. The van der Waals surface area contributed by atoms with E-state index in [0.29, 0.717) is 5.82 Å². The quantitative estimate of drug-likeness (QED) is 0.159. The normalized spacial score (nSPS) is 11.7. The van der Waals surface area contributed by atoms with E-state index in [4.69, 9.17) is 15.1 Å². The maximum absolute atomic E-state index is 4.73. The third-order valence-corrected chi connectivity index (χ3v) is 16.2. The average Bonchev–Trinajstić information content (AvgIpc) is 4.48. The molecule has 7 heterocycles. The fourth-order valence-electron chi connectivity index (χ4n) is 12.1. The molecule has 0 aliphatic carbocycles. The molecule has 0 unspecified atom stereocenters. The van der Waals surface area contributed by atoms with Crippen LogP contribution in [0.25, 0.3) is 144 Å². The van der Waals surface area contributed by atoms with Crippen LogP contribution < -0.4 is 0 Å². The van der Waals surface area contributed by atoms with Crippen LogP contribution in [0.4, 0.5) is 0 Å². The van der Waals surface area contributed by atoms with Crippen LogP contribution in [0.2, 0.25) is 0 Å². The van der Waals surface area contributed by atoms with Crippen molar-refractivity contribution in [1.82, 2.24) is 38.3 Å². The lowest BCUT2D eigenvalue weighted by molar-refractivity contribution is 1.00.